The number of hydrogen-bond donors (Lipinski definition) is 4. The summed E-state index contributed by atoms with van der Waals surface area (Å²) in [6.45, 7) is 7.02. The van der Waals surface area contributed by atoms with E-state index < -0.39 is 32.2 Å². The van der Waals surface area contributed by atoms with E-state index in [0.29, 0.717) is 0 Å². The lowest BCUT2D eigenvalue weighted by atomic mass is 10.2. The molecule has 0 radical (unpaired) electrons. The SMILES string of the molecule is CC(C)COC(=O)N[C@@H](C)C(=O)NC(C)P(O)O. The second-order valence-electron chi connectivity index (χ2n) is 4.36. The summed E-state index contributed by atoms with van der Waals surface area (Å²) in [4.78, 5) is 40.6. The highest BCUT2D eigenvalue weighted by Crippen LogP contribution is 2.27. The molecule has 2 atom stereocenters. The Morgan fingerprint density at radius 2 is 1.72 bits per heavy atom. The molecule has 1 unspecified atom stereocenters. The monoisotopic (exact) mass is 280 g/mol. The van der Waals surface area contributed by atoms with E-state index in [4.69, 9.17) is 14.5 Å². The third kappa shape index (κ3) is 7.42. The van der Waals surface area contributed by atoms with Gasteiger partial charge in [0.1, 0.15) is 6.04 Å². The molecule has 0 saturated heterocycles. The zero-order valence-corrected chi connectivity index (χ0v) is 11.9. The fourth-order valence-corrected chi connectivity index (χ4v) is 1.16. The maximum atomic E-state index is 11.5. The lowest BCUT2D eigenvalue weighted by molar-refractivity contribution is -0.122. The van der Waals surface area contributed by atoms with Crippen molar-refractivity contribution in [1.29, 1.82) is 0 Å². The van der Waals surface area contributed by atoms with Crippen LogP contribution in [0.2, 0.25) is 0 Å². The molecule has 0 aromatic carbocycles. The molecule has 0 fully saturated rings. The van der Waals surface area contributed by atoms with Crippen molar-refractivity contribution >= 4 is 20.4 Å². The first kappa shape index (κ1) is 17.1. The van der Waals surface area contributed by atoms with Crippen molar-refractivity contribution < 1.29 is 24.1 Å². The molecule has 0 heterocycles. The first-order valence-electron chi connectivity index (χ1n) is 5.64. The summed E-state index contributed by atoms with van der Waals surface area (Å²) in [5.74, 6) is -1.03. The molecule has 0 aliphatic carbocycles. The van der Waals surface area contributed by atoms with Crippen LogP contribution < -0.4 is 10.6 Å². The number of rotatable bonds is 6. The van der Waals surface area contributed by atoms with Crippen molar-refractivity contribution in [3.8, 4) is 0 Å². The van der Waals surface area contributed by atoms with Gasteiger partial charge in [-0.2, -0.15) is 0 Å². The molecule has 0 aromatic heterocycles. The molecular formula is C10H21N2O5P. The molecule has 0 aliphatic heterocycles. The Balaban J connectivity index is 4.04. The van der Waals surface area contributed by atoms with Gasteiger partial charge >= 0.3 is 6.09 Å². The summed E-state index contributed by atoms with van der Waals surface area (Å²) in [6.07, 6.45) is -0.672. The Kier molecular flexibility index (Phi) is 7.82. The van der Waals surface area contributed by atoms with E-state index in [1.807, 2.05) is 13.8 Å². The minimum atomic E-state index is -2.23. The second-order valence-corrected chi connectivity index (χ2v) is 5.78. The summed E-state index contributed by atoms with van der Waals surface area (Å²) >= 11 is 0. The van der Waals surface area contributed by atoms with Gasteiger partial charge in [-0.05, 0) is 19.8 Å². The van der Waals surface area contributed by atoms with Crippen LogP contribution in [0.25, 0.3) is 0 Å². The largest absolute Gasteiger partial charge is 0.449 e. The molecule has 106 valence electrons. The van der Waals surface area contributed by atoms with Crippen LogP contribution in [0.1, 0.15) is 27.7 Å². The van der Waals surface area contributed by atoms with Crippen LogP contribution >= 0.6 is 8.38 Å². The predicted octanol–water partition coefficient (Wildman–Crippen LogP) is 0.516. The molecule has 0 saturated carbocycles. The second kappa shape index (κ2) is 8.24. The van der Waals surface area contributed by atoms with Gasteiger partial charge in [-0.15, -0.1) is 0 Å². The van der Waals surface area contributed by atoms with Gasteiger partial charge in [0.05, 0.1) is 12.4 Å². The summed E-state index contributed by atoms with van der Waals surface area (Å²) in [7, 11) is -2.23. The van der Waals surface area contributed by atoms with Crippen molar-refractivity contribution in [3.63, 3.8) is 0 Å². The Bertz CT molecular complexity index is 285. The van der Waals surface area contributed by atoms with E-state index >= 15 is 0 Å². The van der Waals surface area contributed by atoms with Crippen LogP contribution in [0.5, 0.6) is 0 Å². The van der Waals surface area contributed by atoms with Crippen LogP contribution in [0.15, 0.2) is 0 Å². The van der Waals surface area contributed by atoms with Crippen molar-refractivity contribution in [2.45, 2.75) is 39.5 Å². The third-order valence-corrected chi connectivity index (χ3v) is 2.79. The van der Waals surface area contributed by atoms with Crippen LogP contribution in [-0.2, 0) is 9.53 Å². The zero-order valence-electron chi connectivity index (χ0n) is 11.0. The van der Waals surface area contributed by atoms with Gasteiger partial charge in [0, 0.05) is 0 Å². The van der Waals surface area contributed by atoms with Gasteiger partial charge in [0.2, 0.25) is 5.91 Å². The Labute approximate surface area is 108 Å². The molecular weight excluding hydrogens is 259 g/mol. The average molecular weight is 280 g/mol. The number of nitrogens with one attached hydrogen (secondary N) is 2. The quantitative estimate of drug-likeness (QED) is 0.530. The number of hydrogen-bond acceptors (Lipinski definition) is 5. The molecule has 2 amide bonds. The summed E-state index contributed by atoms with van der Waals surface area (Å²) < 4.78 is 4.85. The number of carbonyl (C=O) groups excluding carboxylic acids is 2. The van der Waals surface area contributed by atoms with E-state index in [-0.39, 0.29) is 12.5 Å². The van der Waals surface area contributed by atoms with Crippen molar-refractivity contribution in [1.82, 2.24) is 10.6 Å². The van der Waals surface area contributed by atoms with E-state index in [2.05, 4.69) is 10.6 Å². The van der Waals surface area contributed by atoms with Crippen molar-refractivity contribution in [3.05, 3.63) is 0 Å². The minimum absolute atomic E-state index is 0.215. The third-order valence-electron chi connectivity index (χ3n) is 1.97. The fraction of sp³-hybridized carbons (Fsp3) is 0.800. The van der Waals surface area contributed by atoms with Crippen LogP contribution in [0, 0.1) is 5.92 Å². The Hall–Kier alpha value is -0.910. The first-order valence-corrected chi connectivity index (χ1v) is 6.96. The predicted molar refractivity (Wildman–Crippen MR) is 67.7 cm³/mol. The van der Waals surface area contributed by atoms with Crippen molar-refractivity contribution in [2.75, 3.05) is 6.61 Å². The van der Waals surface area contributed by atoms with Gasteiger partial charge in [-0.1, -0.05) is 13.8 Å². The zero-order chi connectivity index (χ0) is 14.3. The molecule has 8 heteroatoms. The average Bonchev–Trinajstić information content (AvgIpc) is 2.25. The number of alkyl carbamates (subject to hydrolysis) is 1. The maximum absolute atomic E-state index is 11.5. The van der Waals surface area contributed by atoms with Crippen LogP contribution in [0.3, 0.4) is 0 Å². The van der Waals surface area contributed by atoms with Gasteiger partial charge < -0.3 is 25.2 Å². The molecule has 0 rings (SSSR count). The van der Waals surface area contributed by atoms with Crippen molar-refractivity contribution in [2.24, 2.45) is 5.92 Å². The molecule has 4 N–H and O–H groups in total. The summed E-state index contributed by atoms with van der Waals surface area (Å²) in [6, 6.07) is -0.804. The number of ether oxygens (including phenoxy) is 1. The molecule has 0 bridgehead atoms. The lowest BCUT2D eigenvalue weighted by Gasteiger charge is -2.19. The van der Waals surface area contributed by atoms with E-state index in [0.717, 1.165) is 0 Å². The molecule has 0 spiro atoms. The van der Waals surface area contributed by atoms with Crippen LogP contribution in [0.4, 0.5) is 4.79 Å². The number of carbonyl (C=O) groups is 2. The smallest absolute Gasteiger partial charge is 0.407 e. The highest BCUT2D eigenvalue weighted by atomic mass is 31.2. The normalized spacial score (nSPS) is 14.2. The standard InChI is InChI=1S/C10H21N2O5P/c1-6(2)5-17-10(14)11-7(3)9(13)12-8(4)18(15)16/h6-8,15-16H,5H2,1-4H3,(H,11,14)(H,12,13)/t7-,8?/m0/s1. The topological polar surface area (TPSA) is 108 Å². The first-order chi connectivity index (χ1) is 8.23. The molecule has 0 aliphatic rings. The maximum Gasteiger partial charge on any atom is 0.407 e. The van der Waals surface area contributed by atoms with E-state index in [9.17, 15) is 9.59 Å². The number of amides is 2. The highest BCUT2D eigenvalue weighted by molar-refractivity contribution is 7.45. The minimum Gasteiger partial charge on any atom is -0.449 e. The molecule has 7 nitrogen and oxygen atoms in total. The Morgan fingerprint density at radius 1 is 1.17 bits per heavy atom. The lowest BCUT2D eigenvalue weighted by Crippen LogP contribution is -2.47. The summed E-state index contributed by atoms with van der Waals surface area (Å²) in [5.41, 5.74) is 0. The van der Waals surface area contributed by atoms with Crippen LogP contribution in [-0.4, -0.2) is 40.2 Å². The van der Waals surface area contributed by atoms with Gasteiger partial charge in [0.25, 0.3) is 0 Å². The Morgan fingerprint density at radius 3 is 2.17 bits per heavy atom. The van der Waals surface area contributed by atoms with E-state index in [1.54, 1.807) is 0 Å². The van der Waals surface area contributed by atoms with Gasteiger partial charge in [0.15, 0.2) is 8.38 Å². The molecule has 0 aromatic rings. The van der Waals surface area contributed by atoms with E-state index in [1.165, 1.54) is 13.8 Å². The fourth-order valence-electron chi connectivity index (χ4n) is 0.915. The van der Waals surface area contributed by atoms with Gasteiger partial charge in [-0.25, -0.2) is 4.79 Å². The summed E-state index contributed by atoms with van der Waals surface area (Å²) in [5, 5.41) is 4.72. The molecule has 18 heavy (non-hydrogen) atoms. The highest BCUT2D eigenvalue weighted by Gasteiger charge is 2.21. The van der Waals surface area contributed by atoms with Gasteiger partial charge in [-0.3, -0.25) is 4.79 Å².